The number of benzene rings is 2. The number of para-hydroxylation sites is 1. The van der Waals surface area contributed by atoms with Crippen molar-refractivity contribution in [2.75, 3.05) is 6.54 Å². The fraction of sp³-hybridized carbons (Fsp3) is 0.468. The Morgan fingerprint density at radius 3 is 1.90 bits per heavy atom. The average molecular weight is 958 g/mol. The molecule has 0 aliphatic rings. The average Bonchev–Trinajstić information content (AvgIpc) is 3.99. The van der Waals surface area contributed by atoms with E-state index in [1.54, 1.807) is 63.4 Å². The predicted octanol–water partition coefficient (Wildman–Crippen LogP) is -0.624. The first kappa shape index (κ1) is 54.3. The quantitative estimate of drug-likeness (QED) is 0.0202. The second-order valence-electron chi connectivity index (χ2n) is 17.4. The van der Waals surface area contributed by atoms with Crippen LogP contribution in [0.3, 0.4) is 0 Å². The number of H-pyrrole nitrogens is 2. The molecule has 2 aromatic carbocycles. The number of aromatic amines is 2. The second kappa shape index (κ2) is 26.3. The van der Waals surface area contributed by atoms with Crippen molar-refractivity contribution in [2.24, 2.45) is 34.0 Å². The third-order valence-corrected chi connectivity index (χ3v) is 11.7. The molecule has 0 spiro atoms. The lowest BCUT2D eigenvalue weighted by atomic mass is 9.96. The lowest BCUT2D eigenvalue weighted by Gasteiger charge is -2.29. The van der Waals surface area contributed by atoms with E-state index in [1.165, 1.54) is 19.4 Å². The van der Waals surface area contributed by atoms with Gasteiger partial charge >= 0.3 is 5.97 Å². The number of carbonyl (C=O) groups excluding carboxylic acids is 6. The van der Waals surface area contributed by atoms with Crippen LogP contribution in [-0.2, 0) is 52.8 Å². The highest BCUT2D eigenvalue weighted by molar-refractivity contribution is 5.97. The first-order valence-electron chi connectivity index (χ1n) is 22.9. The fourth-order valence-corrected chi connectivity index (χ4v) is 7.36. The molecule has 2 heterocycles. The van der Waals surface area contributed by atoms with Crippen LogP contribution in [0.5, 0.6) is 0 Å². The zero-order chi connectivity index (χ0) is 50.8. The molecule has 4 rings (SSSR count). The SMILES string of the molecule is CCC(C)C(NC(=O)C(N)C(C)C)C(=O)NC(Cc1cnc[nH]1)C(=O)NC(C(=O)NC(CCCN=C(N)N)C(=O)NC(Cc1c[nH]c2ccccc12)C(=O)NC(Cc1ccccc1)C(=O)O)C(C)O. The minimum absolute atomic E-state index is 0.0358. The lowest BCUT2D eigenvalue weighted by Crippen LogP contribution is -2.62. The van der Waals surface area contributed by atoms with E-state index in [0.717, 1.165) is 10.9 Å². The summed E-state index contributed by atoms with van der Waals surface area (Å²) >= 11 is 0. The van der Waals surface area contributed by atoms with Gasteiger partial charge in [0.05, 0.1) is 18.5 Å². The van der Waals surface area contributed by atoms with E-state index in [9.17, 15) is 43.8 Å². The van der Waals surface area contributed by atoms with E-state index >= 15 is 0 Å². The topological polar surface area (TPSA) is 367 Å². The maximum Gasteiger partial charge on any atom is 0.326 e. The summed E-state index contributed by atoms with van der Waals surface area (Å²) in [6.07, 6.45) is 3.11. The van der Waals surface area contributed by atoms with E-state index in [0.29, 0.717) is 23.2 Å². The van der Waals surface area contributed by atoms with E-state index < -0.39 is 95.7 Å². The number of nitrogens with two attached hydrogens (primary N) is 3. The van der Waals surface area contributed by atoms with Crippen LogP contribution in [0.1, 0.15) is 70.7 Å². The maximum atomic E-state index is 14.4. The van der Waals surface area contributed by atoms with E-state index in [2.05, 4.69) is 51.8 Å². The first-order chi connectivity index (χ1) is 32.8. The number of aromatic nitrogens is 3. The zero-order valence-corrected chi connectivity index (χ0v) is 39.5. The molecule has 9 atom stereocenters. The molecule has 0 saturated heterocycles. The number of guanidine groups is 1. The van der Waals surface area contributed by atoms with Gasteiger partial charge in [-0.2, -0.15) is 0 Å². The summed E-state index contributed by atoms with van der Waals surface area (Å²) in [5.41, 5.74) is 19.6. The molecule has 22 heteroatoms. The molecule has 69 heavy (non-hydrogen) atoms. The molecule has 0 bridgehead atoms. The highest BCUT2D eigenvalue weighted by Crippen LogP contribution is 2.20. The Kier molecular flexibility index (Phi) is 20.7. The van der Waals surface area contributed by atoms with Gasteiger partial charge in [-0.25, -0.2) is 9.78 Å². The van der Waals surface area contributed by atoms with Gasteiger partial charge in [-0.1, -0.05) is 82.6 Å². The lowest BCUT2D eigenvalue weighted by molar-refractivity contribution is -0.142. The maximum absolute atomic E-state index is 14.4. The van der Waals surface area contributed by atoms with Crippen LogP contribution in [0, 0.1) is 11.8 Å². The van der Waals surface area contributed by atoms with Crippen LogP contribution in [0.25, 0.3) is 10.9 Å². The second-order valence-corrected chi connectivity index (χ2v) is 17.4. The Bertz CT molecular complexity index is 2370. The van der Waals surface area contributed by atoms with E-state index in [1.807, 2.05) is 25.1 Å². The smallest absolute Gasteiger partial charge is 0.326 e. The molecule has 0 radical (unpaired) electrons. The number of hydrogen-bond donors (Lipinski definition) is 13. The van der Waals surface area contributed by atoms with Gasteiger partial charge in [0.25, 0.3) is 0 Å². The minimum Gasteiger partial charge on any atom is -0.480 e. The standard InChI is InChI=1S/C47H67N13O9/c1-6-26(4)38(59-43(65)37(48)25(2)3)44(66)57-35(21-30-23-51-24-54-30)42(64)60-39(27(5)61)45(67)55-33(17-12-18-52-47(49)50)40(62)56-34(20-29-22-53-32-16-11-10-15-31(29)32)41(63)58-36(46(68)69)19-28-13-8-7-9-14-28/h7-11,13-16,22-27,33-39,53,61H,6,12,17-21,48H2,1-5H3,(H,51,54)(H,55,67)(H,56,62)(H,57,66)(H,58,63)(H,59,65)(H,60,64)(H,68,69)(H4,49,50,52). The molecule has 374 valence electrons. The predicted molar refractivity (Wildman–Crippen MR) is 258 cm³/mol. The van der Waals surface area contributed by atoms with Crippen molar-refractivity contribution < 1.29 is 43.8 Å². The van der Waals surface area contributed by atoms with Crippen molar-refractivity contribution in [3.05, 3.63) is 90.1 Å². The fourth-order valence-electron chi connectivity index (χ4n) is 7.36. The van der Waals surface area contributed by atoms with Crippen LogP contribution in [0.4, 0.5) is 0 Å². The minimum atomic E-state index is -1.71. The molecule has 2 aromatic heterocycles. The van der Waals surface area contributed by atoms with E-state index in [4.69, 9.17) is 17.2 Å². The highest BCUT2D eigenvalue weighted by Gasteiger charge is 2.36. The number of carbonyl (C=O) groups is 7. The van der Waals surface area contributed by atoms with Gasteiger partial charge in [0, 0.05) is 54.8 Å². The number of carboxylic acids is 1. The normalized spacial score (nSPS) is 15.2. The third-order valence-electron chi connectivity index (χ3n) is 11.7. The van der Waals surface area contributed by atoms with Crippen molar-refractivity contribution in [1.29, 1.82) is 0 Å². The summed E-state index contributed by atoms with van der Waals surface area (Å²) < 4.78 is 0. The van der Waals surface area contributed by atoms with Gasteiger partial charge in [0.1, 0.15) is 36.3 Å². The number of imidazole rings is 1. The molecule has 22 nitrogen and oxygen atoms in total. The molecule has 4 aromatic rings. The molecule has 0 saturated carbocycles. The van der Waals surface area contributed by atoms with Crippen LogP contribution < -0.4 is 49.1 Å². The number of aliphatic hydroxyl groups is 1. The van der Waals surface area contributed by atoms with Crippen LogP contribution >= 0.6 is 0 Å². The Labute approximate surface area is 400 Å². The largest absolute Gasteiger partial charge is 0.480 e. The number of hydrogen-bond acceptors (Lipinski definition) is 11. The molecule has 0 aliphatic heterocycles. The summed E-state index contributed by atoms with van der Waals surface area (Å²) in [7, 11) is 0. The van der Waals surface area contributed by atoms with Crippen LogP contribution in [0.2, 0.25) is 0 Å². The number of nitrogens with zero attached hydrogens (tertiary/aromatic N) is 2. The Morgan fingerprint density at radius 1 is 0.696 bits per heavy atom. The van der Waals surface area contributed by atoms with Crippen molar-refractivity contribution in [2.45, 2.75) is 122 Å². The monoisotopic (exact) mass is 958 g/mol. The van der Waals surface area contributed by atoms with Crippen molar-refractivity contribution >= 4 is 58.3 Å². The van der Waals surface area contributed by atoms with Gasteiger partial charge in [-0.3, -0.25) is 33.8 Å². The number of aliphatic hydroxyl groups excluding tert-OH is 1. The van der Waals surface area contributed by atoms with Crippen LogP contribution in [-0.4, -0.2) is 127 Å². The summed E-state index contributed by atoms with van der Waals surface area (Å²) in [5, 5.41) is 37.6. The van der Waals surface area contributed by atoms with Gasteiger partial charge in [0.15, 0.2) is 5.96 Å². The van der Waals surface area contributed by atoms with Crippen LogP contribution in [0.15, 0.2) is 78.3 Å². The van der Waals surface area contributed by atoms with Crippen molar-refractivity contribution in [1.82, 2.24) is 46.9 Å². The zero-order valence-electron chi connectivity index (χ0n) is 39.5. The number of aliphatic carboxylic acids is 1. The molecular weight excluding hydrogens is 891 g/mol. The number of aliphatic imine (C=N–C) groups is 1. The highest BCUT2D eigenvalue weighted by atomic mass is 16.4. The van der Waals surface area contributed by atoms with Crippen molar-refractivity contribution in [3.8, 4) is 0 Å². The van der Waals surface area contributed by atoms with Gasteiger partial charge in [-0.15, -0.1) is 0 Å². The van der Waals surface area contributed by atoms with Gasteiger partial charge in [0.2, 0.25) is 35.4 Å². The molecule has 16 N–H and O–H groups in total. The number of nitrogens with one attached hydrogen (secondary N) is 8. The number of rotatable bonds is 27. The number of carboxylic acid groups (broad SMARTS) is 1. The van der Waals surface area contributed by atoms with Gasteiger partial charge in [-0.05, 0) is 48.8 Å². The molecule has 0 aliphatic carbocycles. The summed E-state index contributed by atoms with van der Waals surface area (Å²) in [5.74, 6) is -7.00. The Hall–Kier alpha value is -7.33. The molecule has 0 fully saturated rings. The molecule has 6 amide bonds. The first-order valence-corrected chi connectivity index (χ1v) is 22.9. The summed E-state index contributed by atoms with van der Waals surface area (Å²) in [6, 6.07) is 6.67. The summed E-state index contributed by atoms with van der Waals surface area (Å²) in [4.78, 5) is 110. The number of amides is 6. The number of fused-ring (bicyclic) bond motifs is 1. The molecule has 9 unspecified atom stereocenters. The molecular formula is C47H67N13O9. The summed E-state index contributed by atoms with van der Waals surface area (Å²) in [6.45, 7) is 8.38. The van der Waals surface area contributed by atoms with Gasteiger partial charge < -0.3 is 69.3 Å². The van der Waals surface area contributed by atoms with Crippen molar-refractivity contribution in [3.63, 3.8) is 0 Å². The Balaban J connectivity index is 1.62. The third kappa shape index (κ3) is 16.5. The van der Waals surface area contributed by atoms with E-state index in [-0.39, 0.29) is 50.5 Å². The Morgan fingerprint density at radius 2 is 1.28 bits per heavy atom.